The Morgan fingerprint density at radius 1 is 1.19 bits per heavy atom. The Hall–Kier alpha value is -1.15. The topological polar surface area (TPSA) is 42.1 Å². The van der Waals surface area contributed by atoms with E-state index in [4.69, 9.17) is 51.1 Å². The molecule has 0 aliphatic heterocycles. The molecule has 11 heteroatoms. The number of aromatic amines is 1. The maximum atomic E-state index is 14.4. The molecule has 1 N–H and O–H groups in total. The number of hydrogen-bond donors (Lipinski definition) is 1. The Morgan fingerprint density at radius 2 is 1.85 bits per heavy atom. The van der Waals surface area contributed by atoms with Crippen molar-refractivity contribution in [3.05, 3.63) is 39.9 Å². The summed E-state index contributed by atoms with van der Waals surface area (Å²) in [6.45, 7) is -0.558. The molecule has 0 radical (unpaired) electrons. The quantitative estimate of drug-likeness (QED) is 0.326. The summed E-state index contributed by atoms with van der Waals surface area (Å²) in [6, 6.07) is 1.91. The first-order chi connectivity index (χ1) is 12.1. The van der Waals surface area contributed by atoms with E-state index in [-0.39, 0.29) is 39.0 Å². The van der Waals surface area contributed by atoms with Crippen molar-refractivity contribution in [3.63, 3.8) is 0 Å². The highest BCUT2D eigenvalue weighted by atomic mass is 35.5. The summed E-state index contributed by atoms with van der Waals surface area (Å²) in [4.78, 5) is 13.0. The molecule has 0 unspecified atom stereocenters. The first kappa shape index (κ1) is 21.2. The van der Waals surface area contributed by atoms with Crippen LogP contribution in [0, 0.1) is 5.82 Å². The number of ether oxygens (including phenoxy) is 1. The molecule has 2 aromatic rings. The normalized spacial score (nSPS) is 11.7. The van der Waals surface area contributed by atoms with E-state index in [0.717, 1.165) is 12.1 Å². The van der Waals surface area contributed by atoms with Gasteiger partial charge in [0.2, 0.25) is 0 Å². The third-order valence-electron chi connectivity index (χ3n) is 3.36. The Morgan fingerprint density at radius 3 is 2.35 bits per heavy atom. The van der Waals surface area contributed by atoms with Crippen LogP contribution < -0.4 is 4.74 Å². The number of hydrogen-bond acceptors (Lipinski definition) is 2. The van der Waals surface area contributed by atoms with Gasteiger partial charge in [0, 0.05) is 22.4 Å². The van der Waals surface area contributed by atoms with Crippen LogP contribution in [0.5, 0.6) is 5.75 Å². The molecule has 0 atom stereocenters. The lowest BCUT2D eigenvalue weighted by Gasteiger charge is -2.12. The van der Waals surface area contributed by atoms with Crippen LogP contribution in [0.25, 0.3) is 11.1 Å². The largest absolute Gasteiger partial charge is 0.483 e. The maximum absolute atomic E-state index is 14.4. The van der Waals surface area contributed by atoms with E-state index in [9.17, 15) is 22.4 Å². The van der Waals surface area contributed by atoms with Gasteiger partial charge in [-0.15, -0.1) is 23.2 Å². The fourth-order valence-electron chi connectivity index (χ4n) is 2.36. The lowest BCUT2D eigenvalue weighted by molar-refractivity contribution is -0.141. The van der Waals surface area contributed by atoms with E-state index in [0.29, 0.717) is 0 Å². The number of aromatic nitrogens is 1. The predicted molar refractivity (Wildman–Crippen MR) is 91.7 cm³/mol. The van der Waals surface area contributed by atoms with Crippen LogP contribution in [0.1, 0.15) is 17.0 Å². The summed E-state index contributed by atoms with van der Waals surface area (Å²) in [7, 11) is 0. The van der Waals surface area contributed by atoms with Crippen LogP contribution >= 0.6 is 46.4 Å². The minimum Gasteiger partial charge on any atom is -0.483 e. The second-order valence-corrected chi connectivity index (χ2v) is 6.37. The van der Waals surface area contributed by atoms with Crippen LogP contribution in [0.2, 0.25) is 5.02 Å². The third kappa shape index (κ3) is 4.39. The average molecular weight is 453 g/mol. The molecule has 0 saturated heterocycles. The van der Waals surface area contributed by atoms with E-state index in [1.165, 1.54) is 0 Å². The second kappa shape index (κ2) is 8.25. The van der Waals surface area contributed by atoms with Crippen molar-refractivity contribution in [2.45, 2.75) is 17.9 Å². The summed E-state index contributed by atoms with van der Waals surface area (Å²) in [5.41, 5.74) is -1.96. The monoisotopic (exact) mass is 451 g/mol. The zero-order valence-corrected chi connectivity index (χ0v) is 15.6. The minimum atomic E-state index is -4.74. The summed E-state index contributed by atoms with van der Waals surface area (Å²) >= 11 is 22.4. The van der Waals surface area contributed by atoms with Crippen molar-refractivity contribution in [1.29, 1.82) is 0 Å². The number of H-pyrrole nitrogens is 1. The van der Waals surface area contributed by atoms with Gasteiger partial charge < -0.3 is 9.72 Å². The van der Waals surface area contributed by atoms with Gasteiger partial charge >= 0.3 is 6.18 Å². The number of benzene rings is 1. The smallest absolute Gasteiger partial charge is 0.431 e. The molecule has 0 spiro atoms. The molecular formula is C15H9Cl4F4NO2. The zero-order chi connectivity index (χ0) is 19.6. The van der Waals surface area contributed by atoms with Crippen molar-refractivity contribution < 1.29 is 27.1 Å². The Labute approximate surface area is 165 Å². The van der Waals surface area contributed by atoms with Gasteiger partial charge in [-0.05, 0) is 23.7 Å². The molecule has 0 aliphatic rings. The van der Waals surface area contributed by atoms with Gasteiger partial charge in [-0.1, -0.05) is 11.6 Å². The van der Waals surface area contributed by atoms with Crippen molar-refractivity contribution in [1.82, 2.24) is 4.98 Å². The van der Waals surface area contributed by atoms with Crippen molar-refractivity contribution >= 4 is 51.6 Å². The molecule has 0 saturated carbocycles. The first-order valence-electron chi connectivity index (χ1n) is 6.83. The molecule has 1 aromatic heterocycles. The molecule has 1 aromatic carbocycles. The maximum Gasteiger partial charge on any atom is 0.431 e. The molecule has 0 fully saturated rings. The SMILES string of the molecule is O=C(Cl)COc1cc(-c2c(CCl)[nH]c(C(F)(F)F)c2CCl)c(F)cc1Cl. The molecule has 1 heterocycles. The first-order valence-corrected chi connectivity index (χ1v) is 8.66. The van der Waals surface area contributed by atoms with E-state index >= 15 is 0 Å². The highest BCUT2D eigenvalue weighted by Crippen LogP contribution is 2.43. The molecule has 0 bridgehead atoms. The zero-order valence-electron chi connectivity index (χ0n) is 12.6. The van der Waals surface area contributed by atoms with Gasteiger partial charge in [-0.3, -0.25) is 4.79 Å². The summed E-state index contributed by atoms with van der Waals surface area (Å²) < 4.78 is 59.1. The Balaban J connectivity index is 2.69. The molecule has 2 rings (SSSR count). The van der Waals surface area contributed by atoms with E-state index < -0.39 is 35.4 Å². The number of halogens is 8. The molecule has 26 heavy (non-hydrogen) atoms. The van der Waals surface area contributed by atoms with Crippen LogP contribution in [0.4, 0.5) is 17.6 Å². The highest BCUT2D eigenvalue weighted by Gasteiger charge is 2.38. The van der Waals surface area contributed by atoms with Crippen LogP contribution in [-0.4, -0.2) is 16.8 Å². The van der Waals surface area contributed by atoms with Crippen molar-refractivity contribution in [2.24, 2.45) is 0 Å². The van der Waals surface area contributed by atoms with Gasteiger partial charge in [-0.25, -0.2) is 4.39 Å². The van der Waals surface area contributed by atoms with Gasteiger partial charge in [0.05, 0.1) is 16.8 Å². The van der Waals surface area contributed by atoms with E-state index in [1.54, 1.807) is 0 Å². The Bertz CT molecular complexity index is 836. The number of carbonyl (C=O) groups is 1. The fourth-order valence-corrected chi connectivity index (χ4v) is 3.09. The molecule has 142 valence electrons. The van der Waals surface area contributed by atoms with Crippen LogP contribution in [0.3, 0.4) is 0 Å². The third-order valence-corrected chi connectivity index (χ3v) is 4.30. The number of alkyl halides is 5. The Kier molecular flexibility index (Phi) is 6.71. The van der Waals surface area contributed by atoms with E-state index in [1.807, 2.05) is 0 Å². The minimum absolute atomic E-state index is 0.0739. The lowest BCUT2D eigenvalue weighted by Crippen LogP contribution is -2.08. The van der Waals surface area contributed by atoms with Gasteiger partial charge in [0.25, 0.3) is 5.24 Å². The lowest BCUT2D eigenvalue weighted by atomic mass is 10.00. The molecular weight excluding hydrogens is 444 g/mol. The predicted octanol–water partition coefficient (Wildman–Crippen LogP) is 6.11. The van der Waals surface area contributed by atoms with E-state index in [2.05, 4.69) is 4.98 Å². The standard InChI is InChI=1S/C15H9Cl4F4NO2/c16-3-7-13(10(4-17)24-14(7)15(21,22)23)6-1-11(26-5-12(19)25)8(18)2-9(6)20/h1-2,24H,3-5H2. The fraction of sp³-hybridized carbons (Fsp3) is 0.267. The molecule has 0 amide bonds. The average Bonchev–Trinajstić information content (AvgIpc) is 2.92. The number of carbonyl (C=O) groups excluding carboxylic acids is 1. The van der Waals surface area contributed by atoms with Crippen molar-refractivity contribution in [2.75, 3.05) is 6.61 Å². The van der Waals surface area contributed by atoms with Gasteiger partial charge in [0.15, 0.2) is 6.61 Å². The van der Waals surface area contributed by atoms with Crippen molar-refractivity contribution in [3.8, 4) is 16.9 Å². The molecule has 0 aliphatic carbocycles. The number of rotatable bonds is 6. The molecule has 3 nitrogen and oxygen atoms in total. The highest BCUT2D eigenvalue weighted by molar-refractivity contribution is 6.63. The second-order valence-electron chi connectivity index (χ2n) is 5.00. The summed E-state index contributed by atoms with van der Waals surface area (Å²) in [6.07, 6.45) is -4.74. The van der Waals surface area contributed by atoms with Crippen LogP contribution in [-0.2, 0) is 22.7 Å². The summed E-state index contributed by atoms with van der Waals surface area (Å²) in [5, 5.41) is -1.02. The van der Waals surface area contributed by atoms with Crippen LogP contribution in [0.15, 0.2) is 12.1 Å². The summed E-state index contributed by atoms with van der Waals surface area (Å²) in [5.74, 6) is -1.94. The van der Waals surface area contributed by atoms with Gasteiger partial charge in [-0.2, -0.15) is 13.2 Å². The van der Waals surface area contributed by atoms with Gasteiger partial charge in [0.1, 0.15) is 17.3 Å². The number of nitrogens with one attached hydrogen (secondary N) is 1.